The van der Waals surface area contributed by atoms with Gasteiger partial charge < -0.3 is 4.74 Å². The second-order valence-electron chi connectivity index (χ2n) is 3.34. The number of hydrogen-bond acceptors (Lipinski definition) is 2. The van der Waals surface area contributed by atoms with Gasteiger partial charge in [-0.25, -0.2) is 9.37 Å². The van der Waals surface area contributed by atoms with Crippen LogP contribution in [0.25, 0.3) is 0 Å². The zero-order chi connectivity index (χ0) is 12.3. The van der Waals surface area contributed by atoms with Gasteiger partial charge in [0.1, 0.15) is 23.3 Å². The molecule has 0 aliphatic carbocycles. The number of rotatable bonds is 3. The van der Waals surface area contributed by atoms with Crippen molar-refractivity contribution in [2.45, 2.75) is 6.61 Å². The molecule has 0 saturated heterocycles. The number of pyridine rings is 1. The van der Waals surface area contributed by atoms with Crippen molar-refractivity contribution in [1.82, 2.24) is 4.98 Å². The first-order chi connectivity index (χ1) is 8.15. The summed E-state index contributed by atoms with van der Waals surface area (Å²) in [6.07, 6.45) is 1.51. The highest BCUT2D eigenvalue weighted by Gasteiger charge is 2.03. The minimum Gasteiger partial charge on any atom is -0.487 e. The standard InChI is InChI=1S/C12H8Cl2FNO/c13-11-5-9(15)2-1-8(11)7-17-10-3-4-12(14)16-6-10/h1-6H,7H2. The van der Waals surface area contributed by atoms with Crippen molar-refractivity contribution in [1.29, 1.82) is 0 Å². The summed E-state index contributed by atoms with van der Waals surface area (Å²) in [5.74, 6) is 0.210. The van der Waals surface area contributed by atoms with Gasteiger partial charge in [0.15, 0.2) is 0 Å². The lowest BCUT2D eigenvalue weighted by molar-refractivity contribution is 0.305. The van der Waals surface area contributed by atoms with Gasteiger partial charge in [-0.1, -0.05) is 29.3 Å². The summed E-state index contributed by atoms with van der Waals surface area (Å²) in [5, 5.41) is 0.740. The monoisotopic (exact) mass is 271 g/mol. The van der Waals surface area contributed by atoms with Crippen molar-refractivity contribution in [3.05, 3.63) is 58.1 Å². The lowest BCUT2D eigenvalue weighted by Crippen LogP contribution is -1.97. The predicted octanol–water partition coefficient (Wildman–Crippen LogP) is 4.11. The van der Waals surface area contributed by atoms with Crippen LogP contribution in [0.2, 0.25) is 10.2 Å². The van der Waals surface area contributed by atoms with Crippen molar-refractivity contribution in [3.63, 3.8) is 0 Å². The quantitative estimate of drug-likeness (QED) is 0.784. The summed E-state index contributed by atoms with van der Waals surface area (Å²) >= 11 is 11.5. The summed E-state index contributed by atoms with van der Waals surface area (Å²) in [4.78, 5) is 3.88. The second kappa shape index (κ2) is 5.34. The Kier molecular flexibility index (Phi) is 3.82. The first kappa shape index (κ1) is 12.1. The fourth-order valence-corrected chi connectivity index (χ4v) is 1.58. The van der Waals surface area contributed by atoms with E-state index in [1.165, 1.54) is 18.3 Å². The number of aromatic nitrogens is 1. The van der Waals surface area contributed by atoms with Gasteiger partial charge in [-0.15, -0.1) is 0 Å². The summed E-state index contributed by atoms with van der Waals surface area (Å²) in [6.45, 7) is 0.252. The topological polar surface area (TPSA) is 22.1 Å². The molecule has 88 valence electrons. The van der Waals surface area contributed by atoms with Crippen LogP contribution in [0.4, 0.5) is 4.39 Å². The molecule has 0 amide bonds. The maximum absolute atomic E-state index is 12.8. The van der Waals surface area contributed by atoms with Crippen LogP contribution >= 0.6 is 23.2 Å². The molecule has 0 aliphatic rings. The predicted molar refractivity (Wildman–Crippen MR) is 65.0 cm³/mol. The van der Waals surface area contributed by atoms with Crippen molar-refractivity contribution >= 4 is 23.2 Å². The van der Waals surface area contributed by atoms with Gasteiger partial charge in [-0.2, -0.15) is 0 Å². The molecule has 0 bridgehead atoms. The van der Waals surface area contributed by atoms with Crippen molar-refractivity contribution in [2.24, 2.45) is 0 Å². The van der Waals surface area contributed by atoms with Gasteiger partial charge in [0.05, 0.1) is 11.2 Å². The van der Waals surface area contributed by atoms with Gasteiger partial charge in [-0.3, -0.25) is 0 Å². The second-order valence-corrected chi connectivity index (χ2v) is 4.14. The van der Waals surface area contributed by atoms with Crippen LogP contribution in [0.1, 0.15) is 5.56 Å². The Hall–Kier alpha value is -1.32. The van der Waals surface area contributed by atoms with E-state index in [9.17, 15) is 4.39 Å². The molecule has 0 spiro atoms. The Balaban J connectivity index is 2.04. The smallest absolute Gasteiger partial charge is 0.138 e. The Bertz CT molecular complexity index is 516. The molecule has 1 aromatic carbocycles. The lowest BCUT2D eigenvalue weighted by atomic mass is 10.2. The Labute approximate surface area is 108 Å². The van der Waals surface area contributed by atoms with E-state index in [1.807, 2.05) is 0 Å². The van der Waals surface area contributed by atoms with Crippen LogP contribution in [0, 0.1) is 5.82 Å². The van der Waals surface area contributed by atoms with Crippen molar-refractivity contribution in [2.75, 3.05) is 0 Å². The van der Waals surface area contributed by atoms with Gasteiger partial charge in [0, 0.05) is 5.56 Å². The third-order valence-corrected chi connectivity index (χ3v) is 2.69. The minimum absolute atomic E-state index is 0.252. The Morgan fingerprint density at radius 1 is 1.18 bits per heavy atom. The molecule has 0 radical (unpaired) electrons. The zero-order valence-corrected chi connectivity index (χ0v) is 10.2. The molecular weight excluding hydrogens is 264 g/mol. The molecular formula is C12H8Cl2FNO. The summed E-state index contributed by atoms with van der Waals surface area (Å²) in [6, 6.07) is 7.50. The van der Waals surface area contributed by atoms with Crippen LogP contribution in [0.15, 0.2) is 36.5 Å². The molecule has 0 aliphatic heterocycles. The zero-order valence-electron chi connectivity index (χ0n) is 8.66. The highest BCUT2D eigenvalue weighted by Crippen LogP contribution is 2.20. The fourth-order valence-electron chi connectivity index (χ4n) is 1.25. The normalized spacial score (nSPS) is 10.3. The molecule has 0 N–H and O–H groups in total. The van der Waals surface area contributed by atoms with E-state index in [1.54, 1.807) is 18.2 Å². The van der Waals surface area contributed by atoms with E-state index in [4.69, 9.17) is 27.9 Å². The fraction of sp³-hybridized carbons (Fsp3) is 0.0833. The van der Waals surface area contributed by atoms with E-state index in [-0.39, 0.29) is 12.4 Å². The molecule has 0 fully saturated rings. The van der Waals surface area contributed by atoms with E-state index in [0.717, 1.165) is 0 Å². The lowest BCUT2D eigenvalue weighted by Gasteiger charge is -2.07. The number of benzene rings is 1. The molecule has 2 aromatic rings. The van der Waals surface area contributed by atoms with E-state index >= 15 is 0 Å². The summed E-state index contributed by atoms with van der Waals surface area (Å²) in [5.41, 5.74) is 0.711. The van der Waals surface area contributed by atoms with Gasteiger partial charge in [-0.05, 0) is 24.3 Å². The van der Waals surface area contributed by atoms with Crippen LogP contribution in [-0.4, -0.2) is 4.98 Å². The van der Waals surface area contributed by atoms with Crippen LogP contribution < -0.4 is 4.74 Å². The summed E-state index contributed by atoms with van der Waals surface area (Å²) in [7, 11) is 0. The van der Waals surface area contributed by atoms with Crippen LogP contribution in [0.3, 0.4) is 0 Å². The third-order valence-electron chi connectivity index (χ3n) is 2.11. The molecule has 2 nitrogen and oxygen atoms in total. The maximum Gasteiger partial charge on any atom is 0.138 e. The summed E-state index contributed by atoms with van der Waals surface area (Å²) < 4.78 is 18.2. The highest BCUT2D eigenvalue weighted by atomic mass is 35.5. The molecule has 0 unspecified atom stereocenters. The van der Waals surface area contributed by atoms with Crippen molar-refractivity contribution < 1.29 is 9.13 Å². The molecule has 2 rings (SSSR count). The number of halogens is 3. The largest absolute Gasteiger partial charge is 0.487 e. The maximum atomic E-state index is 12.8. The number of hydrogen-bond donors (Lipinski definition) is 0. The first-order valence-electron chi connectivity index (χ1n) is 4.83. The average Bonchev–Trinajstić information content (AvgIpc) is 2.30. The molecule has 0 atom stereocenters. The van der Waals surface area contributed by atoms with Crippen LogP contribution in [0.5, 0.6) is 5.75 Å². The van der Waals surface area contributed by atoms with Gasteiger partial charge in [0.25, 0.3) is 0 Å². The Morgan fingerprint density at radius 2 is 2.00 bits per heavy atom. The van der Waals surface area contributed by atoms with E-state index < -0.39 is 0 Å². The van der Waals surface area contributed by atoms with E-state index in [0.29, 0.717) is 21.5 Å². The average molecular weight is 272 g/mol. The SMILES string of the molecule is Fc1ccc(COc2ccc(Cl)nc2)c(Cl)c1. The molecule has 17 heavy (non-hydrogen) atoms. The van der Waals surface area contributed by atoms with Gasteiger partial charge in [0.2, 0.25) is 0 Å². The first-order valence-corrected chi connectivity index (χ1v) is 5.59. The number of nitrogens with zero attached hydrogens (tertiary/aromatic N) is 1. The van der Waals surface area contributed by atoms with Crippen LogP contribution in [-0.2, 0) is 6.61 Å². The third kappa shape index (κ3) is 3.32. The Morgan fingerprint density at radius 3 is 2.65 bits per heavy atom. The van der Waals surface area contributed by atoms with E-state index in [2.05, 4.69) is 4.98 Å². The molecule has 1 aromatic heterocycles. The van der Waals surface area contributed by atoms with Crippen molar-refractivity contribution in [3.8, 4) is 5.75 Å². The number of ether oxygens (including phenoxy) is 1. The highest BCUT2D eigenvalue weighted by molar-refractivity contribution is 6.31. The molecule has 1 heterocycles. The molecule has 5 heteroatoms. The minimum atomic E-state index is -0.369. The van der Waals surface area contributed by atoms with Gasteiger partial charge >= 0.3 is 0 Å². The molecule has 0 saturated carbocycles.